The molecule has 11 heavy (non-hydrogen) atoms. The summed E-state index contributed by atoms with van der Waals surface area (Å²) in [5, 5.41) is 0. The monoisotopic (exact) mass is 153 g/mol. The summed E-state index contributed by atoms with van der Waals surface area (Å²) in [4.78, 5) is 2.33. The molecule has 2 rings (SSSR count). The molecule has 62 valence electrons. The summed E-state index contributed by atoms with van der Waals surface area (Å²) >= 11 is 0. The fourth-order valence-corrected chi connectivity index (χ4v) is 1.82. The Morgan fingerprint density at radius 2 is 2.27 bits per heavy atom. The SMILES string of the molecule is C[C@@H]1O[C@@H]2CCC=CN2[C@@H]1C. The van der Waals surface area contributed by atoms with Gasteiger partial charge in [0.25, 0.3) is 0 Å². The van der Waals surface area contributed by atoms with Crippen molar-refractivity contribution >= 4 is 0 Å². The van der Waals surface area contributed by atoms with Gasteiger partial charge >= 0.3 is 0 Å². The van der Waals surface area contributed by atoms with E-state index in [1.54, 1.807) is 0 Å². The summed E-state index contributed by atoms with van der Waals surface area (Å²) in [5.41, 5.74) is 0. The molecule has 0 saturated carbocycles. The zero-order chi connectivity index (χ0) is 7.84. The van der Waals surface area contributed by atoms with Crippen molar-refractivity contribution < 1.29 is 4.74 Å². The van der Waals surface area contributed by atoms with Gasteiger partial charge in [0, 0.05) is 0 Å². The summed E-state index contributed by atoms with van der Waals surface area (Å²) in [6, 6.07) is 0.552. The lowest BCUT2D eigenvalue weighted by Crippen LogP contribution is -2.33. The average Bonchev–Trinajstić information content (AvgIpc) is 2.30. The molecular weight excluding hydrogens is 138 g/mol. The topological polar surface area (TPSA) is 12.5 Å². The maximum absolute atomic E-state index is 5.75. The first-order chi connectivity index (χ1) is 5.29. The molecular formula is C9H15NO. The van der Waals surface area contributed by atoms with E-state index in [1.165, 1.54) is 6.42 Å². The quantitative estimate of drug-likeness (QED) is 0.525. The van der Waals surface area contributed by atoms with E-state index in [1.807, 2.05) is 0 Å². The fourth-order valence-electron chi connectivity index (χ4n) is 1.82. The van der Waals surface area contributed by atoms with Gasteiger partial charge in [-0.25, -0.2) is 0 Å². The summed E-state index contributed by atoms with van der Waals surface area (Å²) in [7, 11) is 0. The van der Waals surface area contributed by atoms with E-state index < -0.39 is 0 Å². The van der Waals surface area contributed by atoms with Crippen LogP contribution in [-0.4, -0.2) is 23.3 Å². The molecule has 0 spiro atoms. The molecule has 2 aliphatic rings. The lowest BCUT2D eigenvalue weighted by Gasteiger charge is -2.27. The van der Waals surface area contributed by atoms with Crippen LogP contribution in [0.4, 0.5) is 0 Å². The first-order valence-corrected chi connectivity index (χ1v) is 4.38. The summed E-state index contributed by atoms with van der Waals surface area (Å²) in [6.07, 6.45) is 7.50. The average molecular weight is 153 g/mol. The number of nitrogens with zero attached hydrogens (tertiary/aromatic N) is 1. The molecule has 1 saturated heterocycles. The molecule has 0 bridgehead atoms. The van der Waals surface area contributed by atoms with E-state index in [0.717, 1.165) is 6.42 Å². The van der Waals surface area contributed by atoms with Crippen LogP contribution >= 0.6 is 0 Å². The number of fused-ring (bicyclic) bond motifs is 1. The van der Waals surface area contributed by atoms with Crippen molar-refractivity contribution in [2.24, 2.45) is 0 Å². The minimum atomic E-state index is 0.366. The molecule has 0 aromatic rings. The maximum Gasteiger partial charge on any atom is 0.130 e. The van der Waals surface area contributed by atoms with Crippen molar-refractivity contribution in [2.45, 2.75) is 45.1 Å². The first kappa shape index (κ1) is 7.17. The van der Waals surface area contributed by atoms with Crippen molar-refractivity contribution in [3.8, 4) is 0 Å². The lowest BCUT2D eigenvalue weighted by atomic mass is 10.1. The second-order valence-electron chi connectivity index (χ2n) is 3.45. The Kier molecular flexibility index (Phi) is 1.64. The summed E-state index contributed by atoms with van der Waals surface area (Å²) in [5.74, 6) is 0. The predicted octanol–water partition coefficient (Wildman–Crippen LogP) is 1.73. The third-order valence-corrected chi connectivity index (χ3v) is 2.71. The van der Waals surface area contributed by atoms with Gasteiger partial charge in [0.2, 0.25) is 0 Å². The minimum absolute atomic E-state index is 0.366. The van der Waals surface area contributed by atoms with Gasteiger partial charge in [-0.3, -0.25) is 0 Å². The molecule has 3 atom stereocenters. The molecule has 2 heterocycles. The molecule has 0 radical (unpaired) electrons. The van der Waals surface area contributed by atoms with Crippen LogP contribution in [0.5, 0.6) is 0 Å². The highest BCUT2D eigenvalue weighted by molar-refractivity contribution is 4.97. The van der Waals surface area contributed by atoms with E-state index in [-0.39, 0.29) is 0 Å². The van der Waals surface area contributed by atoms with Gasteiger partial charge in [0.1, 0.15) is 6.23 Å². The van der Waals surface area contributed by atoms with Gasteiger partial charge in [-0.1, -0.05) is 6.08 Å². The van der Waals surface area contributed by atoms with Gasteiger partial charge in [-0.15, -0.1) is 0 Å². The summed E-state index contributed by atoms with van der Waals surface area (Å²) < 4.78 is 5.75. The largest absolute Gasteiger partial charge is 0.353 e. The number of allylic oxidation sites excluding steroid dienone is 1. The van der Waals surface area contributed by atoms with Gasteiger partial charge in [0.05, 0.1) is 12.1 Å². The van der Waals surface area contributed by atoms with Gasteiger partial charge < -0.3 is 9.64 Å². The van der Waals surface area contributed by atoms with Crippen LogP contribution in [0.1, 0.15) is 26.7 Å². The van der Waals surface area contributed by atoms with Crippen LogP contribution in [0.2, 0.25) is 0 Å². The van der Waals surface area contributed by atoms with Crippen LogP contribution in [-0.2, 0) is 4.74 Å². The Labute approximate surface area is 67.8 Å². The zero-order valence-corrected chi connectivity index (χ0v) is 7.16. The Morgan fingerprint density at radius 3 is 3.00 bits per heavy atom. The second-order valence-corrected chi connectivity index (χ2v) is 3.45. The zero-order valence-electron chi connectivity index (χ0n) is 7.16. The van der Waals surface area contributed by atoms with Gasteiger partial charge in [-0.05, 0) is 32.9 Å². The normalized spacial score (nSPS) is 42.7. The lowest BCUT2D eigenvalue weighted by molar-refractivity contribution is 0.0122. The molecule has 0 unspecified atom stereocenters. The van der Waals surface area contributed by atoms with Gasteiger partial charge in [0.15, 0.2) is 0 Å². The van der Waals surface area contributed by atoms with Crippen molar-refractivity contribution in [3.63, 3.8) is 0 Å². The molecule has 0 aromatic carbocycles. The Morgan fingerprint density at radius 1 is 1.45 bits per heavy atom. The molecule has 0 amide bonds. The van der Waals surface area contributed by atoms with Crippen LogP contribution in [0.25, 0.3) is 0 Å². The third kappa shape index (κ3) is 1.06. The molecule has 2 heteroatoms. The highest BCUT2D eigenvalue weighted by Gasteiger charge is 2.35. The standard InChI is InChI=1S/C9H15NO/c1-7-8(2)11-9-5-3-4-6-10(7)9/h4,6-9H,3,5H2,1-2H3/t7-,8+,9-/m1/s1. The minimum Gasteiger partial charge on any atom is -0.353 e. The Hall–Kier alpha value is -0.500. The highest BCUT2D eigenvalue weighted by Crippen LogP contribution is 2.28. The summed E-state index contributed by atoms with van der Waals surface area (Å²) in [6.45, 7) is 4.37. The van der Waals surface area contributed by atoms with Crippen LogP contribution in [0.15, 0.2) is 12.3 Å². The smallest absolute Gasteiger partial charge is 0.130 e. The van der Waals surface area contributed by atoms with Gasteiger partial charge in [-0.2, -0.15) is 0 Å². The van der Waals surface area contributed by atoms with E-state index in [0.29, 0.717) is 18.4 Å². The van der Waals surface area contributed by atoms with E-state index in [9.17, 15) is 0 Å². The number of rotatable bonds is 0. The fraction of sp³-hybridized carbons (Fsp3) is 0.778. The maximum atomic E-state index is 5.75. The third-order valence-electron chi connectivity index (χ3n) is 2.71. The number of ether oxygens (including phenoxy) is 1. The molecule has 0 aromatic heterocycles. The van der Waals surface area contributed by atoms with E-state index in [2.05, 4.69) is 31.0 Å². The number of hydrogen-bond acceptors (Lipinski definition) is 2. The molecule has 2 aliphatic heterocycles. The van der Waals surface area contributed by atoms with E-state index in [4.69, 9.17) is 4.74 Å². The van der Waals surface area contributed by atoms with Crippen LogP contribution in [0.3, 0.4) is 0 Å². The van der Waals surface area contributed by atoms with Crippen LogP contribution in [0, 0.1) is 0 Å². The molecule has 0 aliphatic carbocycles. The van der Waals surface area contributed by atoms with Crippen LogP contribution < -0.4 is 0 Å². The van der Waals surface area contributed by atoms with Crippen molar-refractivity contribution in [2.75, 3.05) is 0 Å². The number of hydrogen-bond donors (Lipinski definition) is 0. The van der Waals surface area contributed by atoms with Crippen molar-refractivity contribution in [3.05, 3.63) is 12.3 Å². The highest BCUT2D eigenvalue weighted by atomic mass is 16.5. The Bertz CT molecular complexity index is 178. The van der Waals surface area contributed by atoms with E-state index >= 15 is 0 Å². The molecule has 0 N–H and O–H groups in total. The van der Waals surface area contributed by atoms with Crippen molar-refractivity contribution in [1.82, 2.24) is 4.90 Å². The van der Waals surface area contributed by atoms with Crippen molar-refractivity contribution in [1.29, 1.82) is 0 Å². The second kappa shape index (κ2) is 2.52. The predicted molar refractivity (Wildman–Crippen MR) is 44.0 cm³/mol. The first-order valence-electron chi connectivity index (χ1n) is 4.38. The molecule has 2 nitrogen and oxygen atoms in total. The molecule has 1 fully saturated rings. The Balaban J connectivity index is 2.15.